The van der Waals surface area contributed by atoms with Crippen LogP contribution in [-0.2, 0) is 20.1 Å². The number of nitrogens with zero attached hydrogens (tertiary/aromatic N) is 2. The van der Waals surface area contributed by atoms with Gasteiger partial charge in [0.1, 0.15) is 5.58 Å². The van der Waals surface area contributed by atoms with Crippen LogP contribution in [0.4, 0.5) is 0 Å². The number of benzene rings is 4. The quantitative estimate of drug-likeness (QED) is 0.128. The van der Waals surface area contributed by atoms with Crippen LogP contribution in [0.2, 0.25) is 19.6 Å². The molecule has 0 spiro atoms. The van der Waals surface area contributed by atoms with E-state index >= 15 is 0 Å². The number of hydrogen-bond donors (Lipinski definition) is 0. The van der Waals surface area contributed by atoms with E-state index in [9.17, 15) is 0 Å². The Morgan fingerprint density at radius 3 is 2.21 bits per heavy atom. The Hall–Kier alpha value is -4.15. The molecule has 243 valence electrons. The second kappa shape index (κ2) is 14.9. The maximum Gasteiger partial charge on any atom is 0.121 e. The van der Waals surface area contributed by atoms with Crippen molar-refractivity contribution in [3.05, 3.63) is 139 Å². The minimum atomic E-state index is -1.23. The van der Waals surface area contributed by atoms with E-state index in [0.717, 1.165) is 44.5 Å². The molecular formula is C43H40IrN2OSi-2. The van der Waals surface area contributed by atoms with E-state index in [2.05, 4.69) is 115 Å². The summed E-state index contributed by atoms with van der Waals surface area (Å²) in [5, 5.41) is 3.65. The van der Waals surface area contributed by atoms with Crippen LogP contribution >= 0.6 is 0 Å². The maximum absolute atomic E-state index is 6.17. The molecule has 48 heavy (non-hydrogen) atoms. The van der Waals surface area contributed by atoms with Crippen molar-refractivity contribution in [1.82, 2.24) is 9.97 Å². The van der Waals surface area contributed by atoms with E-state index in [1.807, 2.05) is 48.8 Å². The van der Waals surface area contributed by atoms with Gasteiger partial charge < -0.3 is 14.4 Å². The molecule has 1 radical (unpaired) electrons. The van der Waals surface area contributed by atoms with Crippen molar-refractivity contribution >= 4 is 35.2 Å². The van der Waals surface area contributed by atoms with Gasteiger partial charge >= 0.3 is 0 Å². The minimum absolute atomic E-state index is 0. The molecule has 4 aromatic carbocycles. The van der Waals surface area contributed by atoms with Crippen LogP contribution < -0.4 is 5.19 Å². The van der Waals surface area contributed by atoms with E-state index in [0.29, 0.717) is 5.92 Å². The Kier molecular flexibility index (Phi) is 10.5. The zero-order valence-corrected chi connectivity index (χ0v) is 31.2. The van der Waals surface area contributed by atoms with E-state index < -0.39 is 8.07 Å². The molecule has 5 heteroatoms. The van der Waals surface area contributed by atoms with Crippen molar-refractivity contribution in [3.8, 4) is 33.6 Å². The molecule has 0 amide bonds. The van der Waals surface area contributed by atoms with E-state index in [1.165, 1.54) is 54.0 Å². The molecule has 1 aliphatic carbocycles. The molecular weight excluding hydrogens is 781 g/mol. The van der Waals surface area contributed by atoms with Crippen molar-refractivity contribution in [2.45, 2.75) is 57.7 Å². The van der Waals surface area contributed by atoms with Crippen molar-refractivity contribution in [1.29, 1.82) is 0 Å². The van der Waals surface area contributed by atoms with Crippen molar-refractivity contribution < 1.29 is 24.5 Å². The van der Waals surface area contributed by atoms with Crippen LogP contribution in [0.1, 0.15) is 43.6 Å². The molecule has 0 atom stereocenters. The van der Waals surface area contributed by atoms with Crippen LogP contribution in [0, 0.1) is 12.1 Å². The standard InChI is InChI=1S/C29H24NO.C14H16NSi.Ir/c1-3-7-20(8-4-1)22-11-13-25-26-17-24(12-14-28(26)31-29(25)19-22)27-18-23(15-16-30-27)21-9-5-2-6-10-21;1-16(2,3)13-9-10-14(15-11-13)12-7-5-4-6-8-12;/h1,3-4,7-8,11,13-19,21H,2,5-6,9-10H2;4-7,9-11H,1-3H3;/q2*-1;. The summed E-state index contributed by atoms with van der Waals surface area (Å²) in [4.78, 5) is 9.19. The molecule has 1 aliphatic rings. The van der Waals surface area contributed by atoms with E-state index in [4.69, 9.17) is 4.42 Å². The van der Waals surface area contributed by atoms with Gasteiger partial charge in [0.05, 0.1) is 13.7 Å². The van der Waals surface area contributed by atoms with Gasteiger partial charge in [0.25, 0.3) is 0 Å². The summed E-state index contributed by atoms with van der Waals surface area (Å²) in [7, 11) is -1.23. The minimum Gasteiger partial charge on any atom is -0.500 e. The van der Waals surface area contributed by atoms with Crippen LogP contribution in [0.3, 0.4) is 0 Å². The molecule has 3 heterocycles. The topological polar surface area (TPSA) is 38.9 Å². The van der Waals surface area contributed by atoms with Crippen molar-refractivity contribution in [2.75, 3.05) is 0 Å². The Morgan fingerprint density at radius 1 is 0.667 bits per heavy atom. The summed E-state index contributed by atoms with van der Waals surface area (Å²) >= 11 is 0. The number of aromatic nitrogens is 2. The third-order valence-electron chi connectivity index (χ3n) is 9.26. The largest absolute Gasteiger partial charge is 0.500 e. The smallest absolute Gasteiger partial charge is 0.121 e. The summed E-state index contributed by atoms with van der Waals surface area (Å²) in [6.45, 7) is 7.00. The predicted molar refractivity (Wildman–Crippen MR) is 199 cm³/mol. The average molecular weight is 821 g/mol. The third kappa shape index (κ3) is 7.60. The van der Waals surface area contributed by atoms with Crippen molar-refractivity contribution in [3.63, 3.8) is 0 Å². The van der Waals surface area contributed by atoms with Gasteiger partial charge in [0.15, 0.2) is 0 Å². The zero-order valence-electron chi connectivity index (χ0n) is 27.8. The predicted octanol–water partition coefficient (Wildman–Crippen LogP) is 11.3. The van der Waals surface area contributed by atoms with Gasteiger partial charge in [0, 0.05) is 37.9 Å². The fraction of sp³-hybridized carbons (Fsp3) is 0.209. The fourth-order valence-electron chi connectivity index (χ4n) is 6.51. The van der Waals surface area contributed by atoms with Gasteiger partial charge in [-0.25, -0.2) is 0 Å². The average Bonchev–Trinajstić information content (AvgIpc) is 3.50. The second-order valence-electron chi connectivity index (χ2n) is 13.6. The summed E-state index contributed by atoms with van der Waals surface area (Å²) in [5.74, 6) is 0.672. The maximum atomic E-state index is 6.17. The summed E-state index contributed by atoms with van der Waals surface area (Å²) in [6, 6.07) is 44.3. The molecule has 7 aromatic rings. The third-order valence-corrected chi connectivity index (χ3v) is 11.3. The first-order valence-corrected chi connectivity index (χ1v) is 20.3. The number of rotatable bonds is 5. The SMILES string of the molecule is C[Si](C)(C)c1ccc(-c2[c-]cccc2)nc1.[Ir].[c-]1cc2oc3cc(-c4ccccc4)ccc3c2cc1-c1cc(C2CCCCC2)ccn1. The fourth-order valence-corrected chi connectivity index (χ4v) is 7.55. The zero-order chi connectivity index (χ0) is 32.2. The van der Waals surface area contributed by atoms with Crippen LogP contribution in [0.25, 0.3) is 55.6 Å². The summed E-state index contributed by atoms with van der Waals surface area (Å²) in [5.41, 5.74) is 9.65. The van der Waals surface area contributed by atoms with Gasteiger partial charge in [-0.1, -0.05) is 111 Å². The van der Waals surface area contributed by atoms with Crippen molar-refractivity contribution in [2.24, 2.45) is 0 Å². The molecule has 8 rings (SSSR count). The van der Waals surface area contributed by atoms with Gasteiger partial charge in [-0.05, 0) is 58.6 Å². The molecule has 0 aliphatic heterocycles. The molecule has 0 bridgehead atoms. The number of fused-ring (bicyclic) bond motifs is 3. The normalized spacial score (nSPS) is 13.5. The van der Waals surface area contributed by atoms with Crippen LogP contribution in [0.5, 0.6) is 0 Å². The Labute approximate surface area is 298 Å². The molecule has 0 unspecified atom stereocenters. The molecule has 0 N–H and O–H groups in total. The molecule has 0 saturated heterocycles. The molecule has 3 aromatic heterocycles. The molecule has 1 saturated carbocycles. The van der Waals surface area contributed by atoms with Crippen LogP contribution in [0.15, 0.2) is 126 Å². The molecule has 3 nitrogen and oxygen atoms in total. The Bertz CT molecular complexity index is 2100. The number of furan rings is 1. The first-order valence-electron chi connectivity index (χ1n) is 16.8. The van der Waals surface area contributed by atoms with Gasteiger partial charge in [-0.3, -0.25) is 0 Å². The van der Waals surface area contributed by atoms with Gasteiger partial charge in [0.2, 0.25) is 0 Å². The monoisotopic (exact) mass is 821 g/mol. The van der Waals surface area contributed by atoms with E-state index in [1.54, 1.807) is 0 Å². The summed E-state index contributed by atoms with van der Waals surface area (Å²) < 4.78 is 6.17. The van der Waals surface area contributed by atoms with Gasteiger partial charge in [-0.2, -0.15) is 0 Å². The first kappa shape index (κ1) is 33.7. The second-order valence-corrected chi connectivity index (χ2v) is 18.6. The molecule has 1 fully saturated rings. The number of hydrogen-bond acceptors (Lipinski definition) is 3. The number of pyridine rings is 2. The Morgan fingerprint density at radius 2 is 1.48 bits per heavy atom. The summed E-state index contributed by atoms with van der Waals surface area (Å²) in [6.07, 6.45) is 10.6. The van der Waals surface area contributed by atoms with Gasteiger partial charge in [-0.15, -0.1) is 59.7 Å². The van der Waals surface area contributed by atoms with Crippen LogP contribution in [-0.4, -0.2) is 18.0 Å². The van der Waals surface area contributed by atoms with E-state index in [-0.39, 0.29) is 20.1 Å². The Balaban J connectivity index is 0.000000201. The first-order chi connectivity index (χ1) is 22.9.